The number of halogens is 2. The number of nitrogens with two attached hydrogens (primary N) is 1. The summed E-state index contributed by atoms with van der Waals surface area (Å²) in [5, 5.41) is 1.43. The minimum absolute atomic E-state index is 0.466. The van der Waals surface area contributed by atoms with Gasteiger partial charge in [-0.1, -0.05) is 59.2 Å². The number of rotatable bonds is 3. The van der Waals surface area contributed by atoms with Crippen molar-refractivity contribution in [3.05, 3.63) is 58.1 Å². The van der Waals surface area contributed by atoms with Gasteiger partial charge in [-0.05, 0) is 23.8 Å². The zero-order valence-corrected chi connectivity index (χ0v) is 11.3. The van der Waals surface area contributed by atoms with E-state index in [0.717, 1.165) is 20.4 Å². The molecule has 0 aliphatic rings. The average molecular weight is 284 g/mol. The molecule has 4 heteroatoms. The summed E-state index contributed by atoms with van der Waals surface area (Å²) in [6, 6.07) is 13.4. The highest BCUT2D eigenvalue weighted by Crippen LogP contribution is 2.38. The lowest BCUT2D eigenvalue weighted by molar-refractivity contribution is 1.03. The van der Waals surface area contributed by atoms with Crippen LogP contribution in [0, 0.1) is 0 Å². The van der Waals surface area contributed by atoms with Gasteiger partial charge in [0, 0.05) is 16.3 Å². The zero-order valence-electron chi connectivity index (χ0n) is 8.99. The van der Waals surface area contributed by atoms with Crippen LogP contribution < -0.4 is 5.73 Å². The summed E-state index contributed by atoms with van der Waals surface area (Å²) in [6.45, 7) is 0.466. The number of hydrogen-bond donors (Lipinski definition) is 1. The Kier molecular flexibility index (Phi) is 4.35. The van der Waals surface area contributed by atoms with Gasteiger partial charge in [0.05, 0.1) is 10.0 Å². The van der Waals surface area contributed by atoms with Gasteiger partial charge in [0.2, 0.25) is 0 Å². The van der Waals surface area contributed by atoms with Gasteiger partial charge in [0.25, 0.3) is 0 Å². The second kappa shape index (κ2) is 5.78. The number of hydrogen-bond acceptors (Lipinski definition) is 2. The van der Waals surface area contributed by atoms with Crippen molar-refractivity contribution >= 4 is 35.0 Å². The lowest BCUT2D eigenvalue weighted by Gasteiger charge is -2.10. The third-order valence-electron chi connectivity index (χ3n) is 2.32. The maximum atomic E-state index is 6.19. The van der Waals surface area contributed by atoms with Crippen molar-refractivity contribution in [3.63, 3.8) is 0 Å². The van der Waals surface area contributed by atoms with E-state index >= 15 is 0 Å². The summed E-state index contributed by atoms with van der Waals surface area (Å²) in [4.78, 5) is 1.96. The Morgan fingerprint density at radius 3 is 2.35 bits per heavy atom. The van der Waals surface area contributed by atoms with Crippen LogP contribution in [0.5, 0.6) is 0 Å². The zero-order chi connectivity index (χ0) is 12.3. The van der Waals surface area contributed by atoms with Crippen molar-refractivity contribution in [2.45, 2.75) is 16.3 Å². The minimum Gasteiger partial charge on any atom is -0.326 e. The van der Waals surface area contributed by atoms with Crippen LogP contribution in [0.1, 0.15) is 5.56 Å². The molecule has 0 heterocycles. The van der Waals surface area contributed by atoms with E-state index in [4.69, 9.17) is 28.9 Å². The Morgan fingerprint density at radius 1 is 0.941 bits per heavy atom. The maximum Gasteiger partial charge on any atom is 0.0548 e. The molecule has 0 saturated carbocycles. The SMILES string of the molecule is NCc1cccc(Cl)c1Sc1ccccc1Cl. The molecule has 0 fully saturated rings. The molecule has 0 unspecified atom stereocenters. The minimum atomic E-state index is 0.466. The first kappa shape index (κ1) is 12.8. The third kappa shape index (κ3) is 2.96. The molecule has 0 aromatic heterocycles. The largest absolute Gasteiger partial charge is 0.326 e. The fourth-order valence-corrected chi connectivity index (χ4v) is 3.01. The summed E-state index contributed by atoms with van der Waals surface area (Å²) >= 11 is 13.9. The predicted molar refractivity (Wildman–Crippen MR) is 74.9 cm³/mol. The Balaban J connectivity index is 2.39. The topological polar surface area (TPSA) is 26.0 Å². The molecular weight excluding hydrogens is 273 g/mol. The molecule has 2 N–H and O–H groups in total. The predicted octanol–water partition coefficient (Wildman–Crippen LogP) is 4.60. The smallest absolute Gasteiger partial charge is 0.0548 e. The normalized spacial score (nSPS) is 10.5. The second-order valence-corrected chi connectivity index (χ2v) is 5.33. The van der Waals surface area contributed by atoms with Crippen molar-refractivity contribution in [2.24, 2.45) is 5.73 Å². The van der Waals surface area contributed by atoms with Crippen molar-refractivity contribution in [3.8, 4) is 0 Å². The van der Waals surface area contributed by atoms with E-state index < -0.39 is 0 Å². The molecule has 2 aromatic rings. The summed E-state index contributed by atoms with van der Waals surface area (Å²) in [5.74, 6) is 0. The van der Waals surface area contributed by atoms with E-state index in [1.54, 1.807) is 11.8 Å². The van der Waals surface area contributed by atoms with Crippen molar-refractivity contribution < 1.29 is 0 Å². The molecule has 0 amide bonds. The monoisotopic (exact) mass is 283 g/mol. The van der Waals surface area contributed by atoms with Crippen LogP contribution in [0.15, 0.2) is 52.3 Å². The molecule has 0 aliphatic carbocycles. The molecule has 0 radical (unpaired) electrons. The lowest BCUT2D eigenvalue weighted by atomic mass is 10.2. The molecule has 1 nitrogen and oxygen atoms in total. The number of benzene rings is 2. The van der Waals surface area contributed by atoms with Crippen LogP contribution in [-0.2, 0) is 6.54 Å². The first-order valence-corrected chi connectivity index (χ1v) is 6.69. The summed E-state index contributed by atoms with van der Waals surface area (Å²) < 4.78 is 0. The molecule has 2 aromatic carbocycles. The van der Waals surface area contributed by atoms with Crippen LogP contribution in [-0.4, -0.2) is 0 Å². The molecule has 0 atom stereocenters. The molecule has 0 saturated heterocycles. The Bertz CT molecular complexity index is 529. The van der Waals surface area contributed by atoms with Gasteiger partial charge in [-0.3, -0.25) is 0 Å². The van der Waals surface area contributed by atoms with Crippen LogP contribution in [0.25, 0.3) is 0 Å². The average Bonchev–Trinajstić information content (AvgIpc) is 2.34. The van der Waals surface area contributed by atoms with Crippen LogP contribution in [0.2, 0.25) is 10.0 Å². The van der Waals surface area contributed by atoms with E-state index in [2.05, 4.69) is 0 Å². The summed E-state index contributed by atoms with van der Waals surface area (Å²) in [7, 11) is 0. The van der Waals surface area contributed by atoms with E-state index in [9.17, 15) is 0 Å². The van der Waals surface area contributed by atoms with Gasteiger partial charge in [-0.15, -0.1) is 0 Å². The van der Waals surface area contributed by atoms with Gasteiger partial charge in [0.1, 0.15) is 0 Å². The third-order valence-corrected chi connectivity index (χ3v) is 4.45. The lowest BCUT2D eigenvalue weighted by Crippen LogP contribution is -1.98. The molecule has 0 spiro atoms. The standard InChI is InChI=1S/C13H11Cl2NS/c14-10-5-1-2-7-12(10)17-13-9(8-16)4-3-6-11(13)15/h1-7H,8,16H2. The Labute approximate surface area is 115 Å². The van der Waals surface area contributed by atoms with Crippen LogP contribution in [0.3, 0.4) is 0 Å². The van der Waals surface area contributed by atoms with Crippen molar-refractivity contribution in [1.29, 1.82) is 0 Å². The van der Waals surface area contributed by atoms with E-state index in [1.165, 1.54) is 0 Å². The van der Waals surface area contributed by atoms with Gasteiger partial charge in [0.15, 0.2) is 0 Å². The van der Waals surface area contributed by atoms with Gasteiger partial charge < -0.3 is 5.73 Å². The first-order valence-electron chi connectivity index (χ1n) is 5.12. The van der Waals surface area contributed by atoms with E-state index in [0.29, 0.717) is 11.6 Å². The molecule has 0 aliphatic heterocycles. The van der Waals surface area contributed by atoms with E-state index in [1.807, 2.05) is 42.5 Å². The quantitative estimate of drug-likeness (QED) is 0.891. The van der Waals surface area contributed by atoms with Crippen LogP contribution >= 0.6 is 35.0 Å². The fourth-order valence-electron chi connectivity index (χ4n) is 1.47. The molecule has 17 heavy (non-hydrogen) atoms. The Morgan fingerprint density at radius 2 is 1.65 bits per heavy atom. The molecular formula is C13H11Cl2NS. The van der Waals surface area contributed by atoms with Gasteiger partial charge in [-0.2, -0.15) is 0 Å². The molecule has 2 rings (SSSR count). The van der Waals surface area contributed by atoms with Crippen molar-refractivity contribution in [1.82, 2.24) is 0 Å². The highest BCUT2D eigenvalue weighted by atomic mass is 35.5. The second-order valence-electron chi connectivity index (χ2n) is 3.46. The molecule has 0 bridgehead atoms. The summed E-state index contributed by atoms with van der Waals surface area (Å²) in [5.41, 5.74) is 6.74. The highest BCUT2D eigenvalue weighted by molar-refractivity contribution is 7.99. The molecule has 88 valence electrons. The van der Waals surface area contributed by atoms with Crippen LogP contribution in [0.4, 0.5) is 0 Å². The Hall–Kier alpha value is -0.670. The van der Waals surface area contributed by atoms with Crippen molar-refractivity contribution in [2.75, 3.05) is 0 Å². The maximum absolute atomic E-state index is 6.19. The summed E-state index contributed by atoms with van der Waals surface area (Å²) in [6.07, 6.45) is 0. The highest BCUT2D eigenvalue weighted by Gasteiger charge is 2.09. The van der Waals surface area contributed by atoms with Gasteiger partial charge >= 0.3 is 0 Å². The first-order chi connectivity index (χ1) is 8.22. The van der Waals surface area contributed by atoms with Gasteiger partial charge in [-0.25, -0.2) is 0 Å². The van der Waals surface area contributed by atoms with E-state index in [-0.39, 0.29) is 0 Å². The fraction of sp³-hybridized carbons (Fsp3) is 0.0769.